The summed E-state index contributed by atoms with van der Waals surface area (Å²) in [6.07, 6.45) is 5.31. The van der Waals surface area contributed by atoms with Crippen LogP contribution in [0.5, 0.6) is 0 Å². The van der Waals surface area contributed by atoms with Gasteiger partial charge in [-0.05, 0) is 25.7 Å². The van der Waals surface area contributed by atoms with E-state index >= 15 is 0 Å². The third-order valence-electron chi connectivity index (χ3n) is 2.89. The van der Waals surface area contributed by atoms with Crippen molar-refractivity contribution < 1.29 is 10.0 Å². The number of hydrogen-bond acceptors (Lipinski definition) is 3. The molecule has 0 aromatic rings. The number of carbonyl (C=O) groups excluding carboxylic acids is 1. The minimum atomic E-state index is -0.399. The summed E-state index contributed by atoms with van der Waals surface area (Å²) in [4.78, 5) is 11.5. The van der Waals surface area contributed by atoms with Crippen molar-refractivity contribution in [3.63, 3.8) is 0 Å². The Balaban J connectivity index is 2.28. The highest BCUT2D eigenvalue weighted by molar-refractivity contribution is 5.89. The van der Waals surface area contributed by atoms with Crippen molar-refractivity contribution >= 4 is 11.7 Å². The van der Waals surface area contributed by atoms with Crippen molar-refractivity contribution in [2.45, 2.75) is 45.1 Å². The molecule has 15 heavy (non-hydrogen) atoms. The molecule has 0 heterocycles. The highest BCUT2D eigenvalue weighted by Gasteiger charge is 2.19. The first-order chi connectivity index (χ1) is 7.13. The quantitative estimate of drug-likeness (QED) is 0.279. The van der Waals surface area contributed by atoms with E-state index in [4.69, 9.17) is 10.9 Å². The first-order valence-electron chi connectivity index (χ1n) is 5.40. The van der Waals surface area contributed by atoms with Crippen LogP contribution in [0.1, 0.15) is 39.0 Å². The van der Waals surface area contributed by atoms with E-state index in [-0.39, 0.29) is 11.7 Å². The van der Waals surface area contributed by atoms with Gasteiger partial charge in [0.05, 0.1) is 6.04 Å². The zero-order valence-electron chi connectivity index (χ0n) is 9.07. The molecule has 0 spiro atoms. The molecule has 0 bridgehead atoms. The lowest BCUT2D eigenvalue weighted by Gasteiger charge is -2.14. The van der Waals surface area contributed by atoms with Crippen LogP contribution in [0.2, 0.25) is 0 Å². The number of nitrogens with zero attached hydrogens (tertiary/aromatic N) is 1. The number of amidine groups is 1. The van der Waals surface area contributed by atoms with Crippen LogP contribution in [-0.2, 0) is 4.79 Å². The van der Waals surface area contributed by atoms with Crippen molar-refractivity contribution in [3.05, 3.63) is 0 Å². The summed E-state index contributed by atoms with van der Waals surface area (Å²) < 4.78 is 0. The molecule has 4 N–H and O–H groups in total. The number of amides is 1. The van der Waals surface area contributed by atoms with Gasteiger partial charge in [-0.15, -0.1) is 0 Å². The van der Waals surface area contributed by atoms with Gasteiger partial charge in [0.15, 0.2) is 5.84 Å². The molecular weight excluding hydrogens is 194 g/mol. The predicted octanol–water partition coefficient (Wildman–Crippen LogP) is 0.818. The average Bonchev–Trinajstić information content (AvgIpc) is 2.68. The third kappa shape index (κ3) is 3.77. The molecule has 86 valence electrons. The first kappa shape index (κ1) is 11.8. The normalized spacial score (nSPS) is 20.2. The SMILES string of the molecule is CC(NC(=O)CC1CCCC1)/C(N)=N/O. The molecule has 1 aliphatic carbocycles. The van der Waals surface area contributed by atoms with Gasteiger partial charge in [0.2, 0.25) is 5.91 Å². The van der Waals surface area contributed by atoms with Crippen LogP contribution in [0.25, 0.3) is 0 Å². The maximum absolute atomic E-state index is 11.5. The molecule has 1 saturated carbocycles. The Bertz CT molecular complexity index is 247. The van der Waals surface area contributed by atoms with Crippen LogP contribution in [0, 0.1) is 5.92 Å². The van der Waals surface area contributed by atoms with Crippen LogP contribution in [-0.4, -0.2) is 23.0 Å². The summed E-state index contributed by atoms with van der Waals surface area (Å²) in [5.74, 6) is 0.542. The minimum absolute atomic E-state index is 0.0130. The smallest absolute Gasteiger partial charge is 0.220 e. The Kier molecular flexibility index (Phi) is 4.39. The second kappa shape index (κ2) is 5.58. The highest BCUT2D eigenvalue weighted by atomic mass is 16.4. The Morgan fingerprint density at radius 2 is 2.20 bits per heavy atom. The monoisotopic (exact) mass is 213 g/mol. The van der Waals surface area contributed by atoms with Crippen LogP contribution in [0.15, 0.2) is 5.16 Å². The Hall–Kier alpha value is -1.26. The molecule has 1 amide bonds. The molecule has 0 aliphatic heterocycles. The third-order valence-corrected chi connectivity index (χ3v) is 2.89. The van der Waals surface area contributed by atoms with Gasteiger partial charge in [-0.3, -0.25) is 4.79 Å². The number of oxime groups is 1. The molecule has 5 nitrogen and oxygen atoms in total. The summed E-state index contributed by atoms with van der Waals surface area (Å²) in [5, 5.41) is 14.0. The van der Waals surface area contributed by atoms with E-state index in [0.29, 0.717) is 12.3 Å². The minimum Gasteiger partial charge on any atom is -0.409 e. The van der Waals surface area contributed by atoms with E-state index in [1.807, 2.05) is 0 Å². The molecule has 1 aliphatic rings. The second-order valence-electron chi connectivity index (χ2n) is 4.17. The van der Waals surface area contributed by atoms with E-state index in [1.165, 1.54) is 12.8 Å². The van der Waals surface area contributed by atoms with E-state index in [1.54, 1.807) is 6.92 Å². The summed E-state index contributed by atoms with van der Waals surface area (Å²) >= 11 is 0. The topological polar surface area (TPSA) is 87.7 Å². The van der Waals surface area contributed by atoms with Crippen LogP contribution in [0.3, 0.4) is 0 Å². The standard InChI is InChI=1S/C10H19N3O2/c1-7(10(11)13-15)12-9(14)6-8-4-2-3-5-8/h7-8,15H,2-6H2,1H3,(H2,11,13)(H,12,14). The van der Waals surface area contributed by atoms with Crippen molar-refractivity contribution in [1.82, 2.24) is 5.32 Å². The Morgan fingerprint density at radius 3 is 2.73 bits per heavy atom. The lowest BCUT2D eigenvalue weighted by molar-refractivity contribution is -0.122. The Labute approximate surface area is 89.7 Å². The fourth-order valence-corrected chi connectivity index (χ4v) is 1.94. The molecule has 5 heteroatoms. The number of nitrogens with one attached hydrogen (secondary N) is 1. The van der Waals surface area contributed by atoms with Crippen molar-refractivity contribution in [2.24, 2.45) is 16.8 Å². The maximum atomic E-state index is 11.5. The van der Waals surface area contributed by atoms with Crippen LogP contribution < -0.4 is 11.1 Å². The number of hydrogen-bond donors (Lipinski definition) is 3. The largest absolute Gasteiger partial charge is 0.409 e. The molecule has 1 fully saturated rings. The molecule has 0 radical (unpaired) electrons. The predicted molar refractivity (Wildman–Crippen MR) is 57.6 cm³/mol. The number of carbonyl (C=O) groups is 1. The molecule has 0 aromatic heterocycles. The summed E-state index contributed by atoms with van der Waals surface area (Å²) in [7, 11) is 0. The second-order valence-corrected chi connectivity index (χ2v) is 4.17. The van der Waals surface area contributed by atoms with Crippen molar-refractivity contribution in [3.8, 4) is 0 Å². The number of nitrogens with two attached hydrogens (primary N) is 1. The van der Waals surface area contributed by atoms with E-state index in [0.717, 1.165) is 12.8 Å². The van der Waals surface area contributed by atoms with Crippen LogP contribution in [0.4, 0.5) is 0 Å². The zero-order valence-corrected chi connectivity index (χ0v) is 9.07. The van der Waals surface area contributed by atoms with Gasteiger partial charge in [0.25, 0.3) is 0 Å². The lowest BCUT2D eigenvalue weighted by Crippen LogP contribution is -2.42. The van der Waals surface area contributed by atoms with Crippen molar-refractivity contribution in [1.29, 1.82) is 0 Å². The zero-order chi connectivity index (χ0) is 11.3. The average molecular weight is 213 g/mol. The molecule has 1 atom stereocenters. The Morgan fingerprint density at radius 1 is 1.60 bits per heavy atom. The van der Waals surface area contributed by atoms with Gasteiger partial charge >= 0.3 is 0 Å². The van der Waals surface area contributed by atoms with Gasteiger partial charge in [-0.1, -0.05) is 18.0 Å². The fraction of sp³-hybridized carbons (Fsp3) is 0.800. The van der Waals surface area contributed by atoms with Gasteiger partial charge in [0, 0.05) is 6.42 Å². The van der Waals surface area contributed by atoms with E-state index < -0.39 is 6.04 Å². The first-order valence-corrected chi connectivity index (χ1v) is 5.40. The fourth-order valence-electron chi connectivity index (χ4n) is 1.94. The van der Waals surface area contributed by atoms with Gasteiger partial charge in [-0.25, -0.2) is 0 Å². The lowest BCUT2D eigenvalue weighted by atomic mass is 10.0. The highest BCUT2D eigenvalue weighted by Crippen LogP contribution is 2.27. The summed E-state index contributed by atoms with van der Waals surface area (Å²) in [6, 6.07) is -0.399. The molecule has 1 unspecified atom stereocenters. The van der Waals surface area contributed by atoms with E-state index in [9.17, 15) is 4.79 Å². The van der Waals surface area contributed by atoms with E-state index in [2.05, 4.69) is 10.5 Å². The molecule has 0 aromatic carbocycles. The van der Waals surface area contributed by atoms with Crippen LogP contribution >= 0.6 is 0 Å². The van der Waals surface area contributed by atoms with Gasteiger partial charge in [0.1, 0.15) is 0 Å². The number of rotatable bonds is 4. The molecular formula is C10H19N3O2. The summed E-state index contributed by atoms with van der Waals surface area (Å²) in [6.45, 7) is 1.70. The van der Waals surface area contributed by atoms with Crippen molar-refractivity contribution in [2.75, 3.05) is 0 Å². The maximum Gasteiger partial charge on any atom is 0.220 e. The molecule has 1 rings (SSSR count). The van der Waals surface area contributed by atoms with Gasteiger partial charge < -0.3 is 16.3 Å². The summed E-state index contributed by atoms with van der Waals surface area (Å²) in [5.41, 5.74) is 5.36. The molecule has 0 saturated heterocycles. The van der Waals surface area contributed by atoms with Gasteiger partial charge in [-0.2, -0.15) is 0 Å².